The maximum atomic E-state index is 9.85. The second kappa shape index (κ2) is 6.62. The summed E-state index contributed by atoms with van der Waals surface area (Å²) < 4.78 is -1.94. The summed E-state index contributed by atoms with van der Waals surface area (Å²) in [5, 5.41) is 0.194. The van der Waals surface area contributed by atoms with Crippen LogP contribution in [-0.4, -0.2) is 15.0 Å². The Labute approximate surface area is 83.5 Å². The van der Waals surface area contributed by atoms with Gasteiger partial charge in [0.1, 0.15) is 0 Å². The third-order valence-corrected chi connectivity index (χ3v) is 0.838. The Hall–Kier alpha value is 0.920. The zero-order valence-corrected chi connectivity index (χ0v) is 8.36. The van der Waals surface area contributed by atoms with Gasteiger partial charge in [0.2, 0.25) is 0 Å². The van der Waals surface area contributed by atoms with Crippen LogP contribution in [0.25, 0.3) is 0 Å². The smallest absolute Gasteiger partial charge is 0.269 e. The van der Waals surface area contributed by atoms with E-state index in [9.17, 15) is 4.79 Å². The molecule has 0 spiro atoms. The molecular formula is C3H4Cl5NO. The van der Waals surface area contributed by atoms with Crippen LogP contribution >= 0.6 is 58.0 Å². The monoisotopic (exact) mass is 245 g/mol. The van der Waals surface area contributed by atoms with E-state index < -0.39 is 9.70 Å². The van der Waals surface area contributed by atoms with E-state index in [4.69, 9.17) is 58.0 Å². The molecule has 7 heteroatoms. The standard InChI is InChI=1S/C2H2Cl3NO.CH2Cl2/c3-2(4,5)1(6)7;2-1-3/h(H2,6,7);1H2. The van der Waals surface area contributed by atoms with Gasteiger partial charge < -0.3 is 5.73 Å². The highest BCUT2D eigenvalue weighted by Gasteiger charge is 2.26. The number of amides is 1. The van der Waals surface area contributed by atoms with Crippen LogP contribution < -0.4 is 5.73 Å². The lowest BCUT2D eigenvalue weighted by molar-refractivity contribution is -0.117. The number of rotatable bonds is 0. The molecule has 10 heavy (non-hydrogen) atoms. The second-order valence-electron chi connectivity index (χ2n) is 0.963. The fourth-order valence-electron chi connectivity index (χ4n) is 0. The number of primary amides is 1. The number of carbonyl (C=O) groups excluding carboxylic acids is 1. The van der Waals surface area contributed by atoms with Crippen LogP contribution in [0.5, 0.6) is 0 Å². The minimum absolute atomic E-state index is 0.194. The first-order valence-corrected chi connectivity index (χ1v) is 4.05. The number of hydrogen-bond acceptors (Lipinski definition) is 1. The molecule has 0 radical (unpaired) electrons. The molecule has 0 heterocycles. The summed E-state index contributed by atoms with van der Waals surface area (Å²) in [7, 11) is 0. The quantitative estimate of drug-likeness (QED) is 0.656. The minimum atomic E-state index is -1.94. The van der Waals surface area contributed by atoms with Crippen molar-refractivity contribution in [2.75, 3.05) is 5.34 Å². The van der Waals surface area contributed by atoms with Gasteiger partial charge in [-0.3, -0.25) is 4.79 Å². The van der Waals surface area contributed by atoms with Gasteiger partial charge in [-0.1, -0.05) is 34.8 Å². The molecule has 0 aromatic carbocycles. The van der Waals surface area contributed by atoms with E-state index in [2.05, 4.69) is 5.73 Å². The highest BCUT2D eigenvalue weighted by atomic mass is 35.6. The van der Waals surface area contributed by atoms with E-state index in [0.29, 0.717) is 0 Å². The highest BCUT2D eigenvalue weighted by molar-refractivity contribution is 6.76. The molecule has 0 rings (SSSR count). The Balaban J connectivity index is 0. The maximum absolute atomic E-state index is 9.85. The molecule has 2 N–H and O–H groups in total. The number of alkyl halides is 5. The van der Waals surface area contributed by atoms with Crippen molar-refractivity contribution >= 4 is 63.9 Å². The minimum Gasteiger partial charge on any atom is -0.366 e. The summed E-state index contributed by atoms with van der Waals surface area (Å²) in [5.74, 6) is -0.961. The van der Waals surface area contributed by atoms with Gasteiger partial charge in [0.15, 0.2) is 0 Å². The number of halogens is 5. The molecule has 0 atom stereocenters. The van der Waals surface area contributed by atoms with E-state index in [-0.39, 0.29) is 5.34 Å². The van der Waals surface area contributed by atoms with Gasteiger partial charge in [-0.05, 0) is 0 Å². The van der Waals surface area contributed by atoms with Crippen LogP contribution in [-0.2, 0) is 4.79 Å². The number of hydrogen-bond donors (Lipinski definition) is 1. The van der Waals surface area contributed by atoms with Crippen molar-refractivity contribution in [1.29, 1.82) is 0 Å². The lowest BCUT2D eigenvalue weighted by Gasteiger charge is -2.01. The highest BCUT2D eigenvalue weighted by Crippen LogP contribution is 2.24. The van der Waals surface area contributed by atoms with Gasteiger partial charge in [0.25, 0.3) is 9.70 Å². The third kappa shape index (κ3) is 11.7. The van der Waals surface area contributed by atoms with E-state index in [1.54, 1.807) is 0 Å². The average Bonchev–Trinajstić information content (AvgIpc) is 1.64. The fourth-order valence-corrected chi connectivity index (χ4v) is 0. The molecule has 0 saturated carbocycles. The second-order valence-corrected chi connectivity index (χ2v) is 4.05. The first-order valence-electron chi connectivity index (χ1n) is 1.84. The van der Waals surface area contributed by atoms with Crippen LogP contribution in [0, 0.1) is 0 Å². The summed E-state index contributed by atoms with van der Waals surface area (Å²) in [6.07, 6.45) is 0. The SMILES string of the molecule is ClCCl.NC(=O)C(Cl)(Cl)Cl. The molecule has 0 aromatic heterocycles. The van der Waals surface area contributed by atoms with Gasteiger partial charge in [-0.15, -0.1) is 23.2 Å². The maximum Gasteiger partial charge on any atom is 0.269 e. The molecule has 0 aliphatic carbocycles. The van der Waals surface area contributed by atoms with Gasteiger partial charge in [-0.25, -0.2) is 0 Å². The van der Waals surface area contributed by atoms with E-state index in [1.165, 1.54) is 0 Å². The van der Waals surface area contributed by atoms with Crippen molar-refractivity contribution in [2.24, 2.45) is 5.73 Å². The predicted molar refractivity (Wildman–Crippen MR) is 46.1 cm³/mol. The predicted octanol–water partition coefficient (Wildman–Crippen LogP) is 2.26. The summed E-state index contributed by atoms with van der Waals surface area (Å²) >= 11 is 24.3. The van der Waals surface area contributed by atoms with Crippen molar-refractivity contribution in [1.82, 2.24) is 0 Å². The number of nitrogens with two attached hydrogens (primary N) is 1. The van der Waals surface area contributed by atoms with E-state index in [1.807, 2.05) is 0 Å². The first-order chi connectivity index (χ1) is 4.36. The zero-order valence-electron chi connectivity index (χ0n) is 4.58. The largest absolute Gasteiger partial charge is 0.366 e. The molecular weight excluding hydrogens is 243 g/mol. The molecule has 1 amide bonds. The topological polar surface area (TPSA) is 43.1 Å². The Morgan fingerprint density at radius 3 is 1.40 bits per heavy atom. The molecule has 0 aliphatic heterocycles. The summed E-state index contributed by atoms with van der Waals surface area (Å²) in [5.41, 5.74) is 4.53. The van der Waals surface area contributed by atoms with Crippen LogP contribution in [0.2, 0.25) is 0 Å². The Bertz CT molecular complexity index is 99.6. The lowest BCUT2D eigenvalue weighted by Crippen LogP contribution is -2.27. The lowest BCUT2D eigenvalue weighted by atomic mass is 10.7. The number of carbonyl (C=O) groups is 1. The van der Waals surface area contributed by atoms with Crippen molar-refractivity contribution in [3.8, 4) is 0 Å². The van der Waals surface area contributed by atoms with Crippen LogP contribution in [0.1, 0.15) is 0 Å². The normalized spacial score (nSPS) is 9.70. The van der Waals surface area contributed by atoms with Gasteiger partial charge in [0, 0.05) is 0 Å². The first kappa shape index (κ1) is 13.5. The Morgan fingerprint density at radius 2 is 1.40 bits per heavy atom. The summed E-state index contributed by atoms with van der Waals surface area (Å²) in [6.45, 7) is 0. The zero-order chi connectivity index (χ0) is 8.78. The van der Waals surface area contributed by atoms with Crippen molar-refractivity contribution in [2.45, 2.75) is 3.79 Å². The van der Waals surface area contributed by atoms with Crippen LogP contribution in [0.3, 0.4) is 0 Å². The van der Waals surface area contributed by atoms with E-state index in [0.717, 1.165) is 0 Å². The Morgan fingerprint density at radius 1 is 1.30 bits per heavy atom. The summed E-state index contributed by atoms with van der Waals surface area (Å²) in [4.78, 5) is 9.85. The Kier molecular flexibility index (Phi) is 8.94. The molecule has 62 valence electrons. The molecule has 2 nitrogen and oxygen atoms in total. The molecule has 0 fully saturated rings. The van der Waals surface area contributed by atoms with Gasteiger partial charge in [0.05, 0.1) is 5.34 Å². The molecule has 0 unspecified atom stereocenters. The molecule has 0 aromatic rings. The molecule has 0 saturated heterocycles. The third-order valence-electron chi connectivity index (χ3n) is 0.279. The van der Waals surface area contributed by atoms with Crippen molar-refractivity contribution < 1.29 is 4.79 Å². The van der Waals surface area contributed by atoms with Gasteiger partial charge in [-0.2, -0.15) is 0 Å². The molecule has 0 aliphatic rings. The fraction of sp³-hybridized carbons (Fsp3) is 0.667. The van der Waals surface area contributed by atoms with Crippen LogP contribution in [0.4, 0.5) is 0 Å². The average molecular weight is 247 g/mol. The molecule has 0 bridgehead atoms. The summed E-state index contributed by atoms with van der Waals surface area (Å²) in [6, 6.07) is 0. The van der Waals surface area contributed by atoms with Crippen molar-refractivity contribution in [3.05, 3.63) is 0 Å². The van der Waals surface area contributed by atoms with E-state index >= 15 is 0 Å². The van der Waals surface area contributed by atoms with Crippen molar-refractivity contribution in [3.63, 3.8) is 0 Å². The van der Waals surface area contributed by atoms with Crippen LogP contribution in [0.15, 0.2) is 0 Å². The van der Waals surface area contributed by atoms with Gasteiger partial charge >= 0.3 is 0 Å².